The smallest absolute Gasteiger partial charge is 0.286 e. The second kappa shape index (κ2) is 8.66. The van der Waals surface area contributed by atoms with Gasteiger partial charge >= 0.3 is 0 Å². The lowest BCUT2D eigenvalue weighted by atomic mass is 10.2. The van der Waals surface area contributed by atoms with Gasteiger partial charge in [-0.15, -0.1) is 0 Å². The summed E-state index contributed by atoms with van der Waals surface area (Å²) in [6, 6.07) is 27.2. The Hall–Kier alpha value is -4.57. The molecule has 0 bridgehead atoms. The Labute approximate surface area is 185 Å². The van der Waals surface area contributed by atoms with Crippen molar-refractivity contribution in [1.82, 2.24) is 9.36 Å². The van der Waals surface area contributed by atoms with Gasteiger partial charge in [0.2, 0.25) is 5.88 Å². The molecule has 0 spiro atoms. The van der Waals surface area contributed by atoms with Crippen LogP contribution in [0.3, 0.4) is 0 Å². The van der Waals surface area contributed by atoms with Gasteiger partial charge in [-0.25, -0.2) is 14.4 Å². The van der Waals surface area contributed by atoms with E-state index in [0.717, 1.165) is 5.69 Å². The molecule has 4 aromatic rings. The maximum absolute atomic E-state index is 13.5. The third-order valence-corrected chi connectivity index (χ3v) is 4.98. The molecule has 158 valence electrons. The van der Waals surface area contributed by atoms with E-state index in [9.17, 15) is 15.2 Å². The van der Waals surface area contributed by atoms with E-state index in [1.54, 1.807) is 60.7 Å². The second-order valence-corrected chi connectivity index (χ2v) is 7.28. The molecule has 0 aliphatic carbocycles. The van der Waals surface area contributed by atoms with Gasteiger partial charge in [0.25, 0.3) is 5.56 Å². The fourth-order valence-corrected chi connectivity index (χ4v) is 3.40. The van der Waals surface area contributed by atoms with Crippen molar-refractivity contribution in [2.24, 2.45) is 4.99 Å². The molecule has 32 heavy (non-hydrogen) atoms. The van der Waals surface area contributed by atoms with Crippen molar-refractivity contribution in [3.63, 3.8) is 0 Å². The molecule has 1 aromatic heterocycles. The van der Waals surface area contributed by atoms with E-state index in [1.165, 1.54) is 9.36 Å². The van der Waals surface area contributed by atoms with Gasteiger partial charge in [-0.05, 0) is 48.5 Å². The zero-order valence-electron chi connectivity index (χ0n) is 17.7. The van der Waals surface area contributed by atoms with E-state index in [-0.39, 0.29) is 17.2 Å². The fraction of sp³-hybridized carbons (Fsp3) is 0.0800. The van der Waals surface area contributed by atoms with Gasteiger partial charge in [0.1, 0.15) is 11.6 Å². The summed E-state index contributed by atoms with van der Waals surface area (Å²) >= 11 is 0. The topological polar surface area (TPSA) is 86.6 Å². The van der Waals surface area contributed by atoms with Crippen LogP contribution >= 0.6 is 0 Å². The lowest BCUT2D eigenvalue weighted by Crippen LogP contribution is -2.23. The van der Waals surface area contributed by atoms with Gasteiger partial charge in [0.15, 0.2) is 5.71 Å². The van der Waals surface area contributed by atoms with Crippen LogP contribution in [-0.2, 0) is 0 Å². The molecule has 0 amide bonds. The van der Waals surface area contributed by atoms with Crippen molar-refractivity contribution in [2.45, 2.75) is 0 Å². The van der Waals surface area contributed by atoms with Crippen molar-refractivity contribution in [2.75, 3.05) is 19.0 Å². The fourth-order valence-electron chi connectivity index (χ4n) is 3.40. The number of hydrogen-bond acceptors (Lipinski definition) is 5. The number of benzene rings is 3. The van der Waals surface area contributed by atoms with Crippen LogP contribution in [0.1, 0.15) is 5.56 Å². The standard InChI is InChI=1S/C25H21N5O2/c1-28(2)19-15-13-18(14-16-19)27-22(17-26)23-24(31)29(20-9-5-3-6-10-20)30(25(23)32)21-11-7-4-8-12-21/h3-16,31H,1-2H3. The molecule has 1 N–H and O–H groups in total. The summed E-state index contributed by atoms with van der Waals surface area (Å²) in [6.45, 7) is 0. The second-order valence-electron chi connectivity index (χ2n) is 7.28. The van der Waals surface area contributed by atoms with Crippen LogP contribution in [0.5, 0.6) is 5.88 Å². The van der Waals surface area contributed by atoms with Crippen LogP contribution in [0.2, 0.25) is 0 Å². The van der Waals surface area contributed by atoms with Crippen LogP contribution in [-0.4, -0.2) is 34.3 Å². The monoisotopic (exact) mass is 423 g/mol. The van der Waals surface area contributed by atoms with Crippen LogP contribution in [0.4, 0.5) is 11.4 Å². The van der Waals surface area contributed by atoms with E-state index < -0.39 is 5.56 Å². The van der Waals surface area contributed by atoms with Crippen LogP contribution in [0, 0.1) is 11.3 Å². The van der Waals surface area contributed by atoms with Gasteiger partial charge in [-0.2, -0.15) is 5.26 Å². The van der Waals surface area contributed by atoms with Gasteiger partial charge < -0.3 is 10.0 Å². The maximum Gasteiger partial charge on any atom is 0.286 e. The predicted octanol–water partition coefficient (Wildman–Crippen LogP) is 4.04. The van der Waals surface area contributed by atoms with Gasteiger partial charge in [-0.1, -0.05) is 36.4 Å². The minimum Gasteiger partial charge on any atom is -0.493 e. The molecule has 0 aliphatic rings. The van der Waals surface area contributed by atoms with E-state index in [2.05, 4.69) is 4.99 Å². The highest BCUT2D eigenvalue weighted by Crippen LogP contribution is 2.25. The van der Waals surface area contributed by atoms with E-state index in [4.69, 9.17) is 0 Å². The first kappa shape index (κ1) is 20.7. The molecule has 4 rings (SSSR count). The number of aliphatic imine (C=N–C) groups is 1. The van der Waals surface area contributed by atoms with E-state index >= 15 is 0 Å². The van der Waals surface area contributed by atoms with E-state index in [0.29, 0.717) is 17.1 Å². The number of para-hydroxylation sites is 2. The number of aromatic hydroxyl groups is 1. The number of nitriles is 1. The summed E-state index contributed by atoms with van der Waals surface area (Å²) < 4.78 is 2.72. The Kier molecular flexibility index (Phi) is 5.60. The van der Waals surface area contributed by atoms with E-state index in [1.807, 2.05) is 49.3 Å². The first-order valence-electron chi connectivity index (χ1n) is 9.95. The number of hydrogen-bond donors (Lipinski definition) is 1. The quantitative estimate of drug-likeness (QED) is 0.491. The number of rotatable bonds is 5. The van der Waals surface area contributed by atoms with Gasteiger partial charge in [-0.3, -0.25) is 4.79 Å². The Morgan fingerprint density at radius 1 is 0.875 bits per heavy atom. The lowest BCUT2D eigenvalue weighted by Gasteiger charge is -2.12. The van der Waals surface area contributed by atoms with Crippen molar-refractivity contribution >= 4 is 17.1 Å². The molecule has 0 atom stereocenters. The predicted molar refractivity (Wildman–Crippen MR) is 126 cm³/mol. The molecule has 0 fully saturated rings. The van der Waals surface area contributed by atoms with Crippen molar-refractivity contribution in [3.05, 3.63) is 101 Å². The summed E-state index contributed by atoms with van der Waals surface area (Å²) in [5.74, 6) is -0.352. The molecule has 0 unspecified atom stereocenters. The van der Waals surface area contributed by atoms with Crippen LogP contribution in [0.25, 0.3) is 11.4 Å². The molecular formula is C25H21N5O2. The molecule has 0 saturated carbocycles. The molecule has 0 aliphatic heterocycles. The van der Waals surface area contributed by atoms with Crippen LogP contribution < -0.4 is 10.5 Å². The average Bonchev–Trinajstić information content (AvgIpc) is 3.09. The first-order chi connectivity index (χ1) is 15.5. The molecule has 3 aromatic carbocycles. The Morgan fingerprint density at radius 2 is 1.41 bits per heavy atom. The molecule has 7 heteroatoms. The number of aromatic nitrogens is 2. The third-order valence-electron chi connectivity index (χ3n) is 4.98. The maximum atomic E-state index is 13.5. The minimum atomic E-state index is -0.539. The van der Waals surface area contributed by atoms with Crippen molar-refractivity contribution < 1.29 is 5.11 Å². The first-order valence-corrected chi connectivity index (χ1v) is 9.95. The number of nitrogens with zero attached hydrogens (tertiary/aromatic N) is 5. The lowest BCUT2D eigenvalue weighted by molar-refractivity contribution is 0.424. The normalized spacial score (nSPS) is 11.2. The third kappa shape index (κ3) is 3.77. The van der Waals surface area contributed by atoms with Crippen LogP contribution in [0.15, 0.2) is 94.7 Å². The van der Waals surface area contributed by atoms with Crippen molar-refractivity contribution in [3.8, 4) is 23.3 Å². The van der Waals surface area contributed by atoms with Gasteiger partial charge in [0.05, 0.1) is 17.1 Å². The number of anilines is 1. The zero-order chi connectivity index (χ0) is 22.7. The highest BCUT2D eigenvalue weighted by atomic mass is 16.3. The highest BCUT2D eigenvalue weighted by Gasteiger charge is 2.25. The molecular weight excluding hydrogens is 402 g/mol. The largest absolute Gasteiger partial charge is 0.493 e. The SMILES string of the molecule is CN(C)c1ccc(N=C(C#N)c2c(O)n(-c3ccccc3)n(-c3ccccc3)c2=O)cc1. The van der Waals surface area contributed by atoms with Gasteiger partial charge in [0, 0.05) is 19.8 Å². The molecule has 1 heterocycles. The molecule has 0 radical (unpaired) electrons. The Bertz CT molecular complexity index is 1360. The summed E-state index contributed by atoms with van der Waals surface area (Å²) in [7, 11) is 3.85. The minimum absolute atomic E-state index is 0.156. The Balaban J connectivity index is 1.94. The summed E-state index contributed by atoms with van der Waals surface area (Å²) in [5.41, 5.74) is 1.75. The summed E-state index contributed by atoms with van der Waals surface area (Å²) in [4.78, 5) is 19.8. The molecule has 7 nitrogen and oxygen atoms in total. The molecule has 0 saturated heterocycles. The summed E-state index contributed by atoms with van der Waals surface area (Å²) in [6.07, 6.45) is 0. The average molecular weight is 423 g/mol. The highest BCUT2D eigenvalue weighted by molar-refractivity contribution is 6.14. The summed E-state index contributed by atoms with van der Waals surface area (Å²) in [5, 5.41) is 20.9. The Morgan fingerprint density at radius 3 is 1.91 bits per heavy atom. The zero-order valence-corrected chi connectivity index (χ0v) is 17.7. The van der Waals surface area contributed by atoms with Crippen molar-refractivity contribution in [1.29, 1.82) is 5.26 Å².